The fourth-order valence-corrected chi connectivity index (χ4v) is 5.63. The van der Waals surface area contributed by atoms with Gasteiger partial charge in [0.1, 0.15) is 0 Å². The number of nitrogens with one attached hydrogen (secondary N) is 3. The molecule has 248 valence electrons. The number of nitrogens with zero attached hydrogens (tertiary/aromatic N) is 4. The summed E-state index contributed by atoms with van der Waals surface area (Å²) in [6.07, 6.45) is 10.9. The highest BCUT2D eigenvalue weighted by Gasteiger charge is 2.20. The molecule has 47 heavy (non-hydrogen) atoms. The Labute approximate surface area is 286 Å². The summed E-state index contributed by atoms with van der Waals surface area (Å²) in [5, 5.41) is 24.2. The monoisotopic (exact) mass is 727 g/mol. The number of anilines is 2. The van der Waals surface area contributed by atoms with E-state index in [-0.39, 0.29) is 17.2 Å². The number of unbranched alkanes of at least 4 members (excludes halogenated alkanes) is 8. The molecule has 0 atom stereocenters. The molecule has 13 heteroatoms. The molecule has 0 aliphatic rings. The quantitative estimate of drug-likeness (QED) is 0.0882. The highest BCUT2D eigenvalue weighted by Crippen LogP contribution is 2.32. The summed E-state index contributed by atoms with van der Waals surface area (Å²) in [5.41, 5.74) is 1.91. The number of aromatic nitrogens is 4. The SMILES string of the molecule is O=C(CCCCCCCCCCCNC(=O)c1ccc(F)c(F)c1Nc1ccc(Br)cc1Cl)NCc1ccc(-c2nncnn2)cc1. The molecule has 0 saturated carbocycles. The maximum atomic E-state index is 14.7. The summed E-state index contributed by atoms with van der Waals surface area (Å²) >= 11 is 9.52. The number of hydrogen-bond acceptors (Lipinski definition) is 7. The molecule has 0 spiro atoms. The predicted molar refractivity (Wildman–Crippen MR) is 182 cm³/mol. The van der Waals surface area contributed by atoms with Crippen LogP contribution in [0.4, 0.5) is 20.2 Å². The molecular formula is C34H37BrClF2N7O2. The van der Waals surface area contributed by atoms with Crippen LogP contribution < -0.4 is 16.0 Å². The van der Waals surface area contributed by atoms with E-state index in [9.17, 15) is 18.4 Å². The van der Waals surface area contributed by atoms with E-state index in [1.165, 1.54) is 12.4 Å². The van der Waals surface area contributed by atoms with Gasteiger partial charge in [-0.15, -0.1) is 20.4 Å². The zero-order chi connectivity index (χ0) is 33.4. The minimum absolute atomic E-state index is 0.00126. The van der Waals surface area contributed by atoms with E-state index in [4.69, 9.17) is 11.6 Å². The van der Waals surface area contributed by atoms with Crippen LogP contribution in [0.15, 0.2) is 65.4 Å². The average molecular weight is 729 g/mol. The van der Waals surface area contributed by atoms with Crippen molar-refractivity contribution in [3.8, 4) is 11.4 Å². The summed E-state index contributed by atoms with van der Waals surface area (Å²) in [7, 11) is 0. The van der Waals surface area contributed by atoms with E-state index in [1.807, 2.05) is 24.3 Å². The van der Waals surface area contributed by atoms with Crippen molar-refractivity contribution in [2.75, 3.05) is 11.9 Å². The third-order valence-corrected chi connectivity index (χ3v) is 8.31. The van der Waals surface area contributed by atoms with E-state index in [1.54, 1.807) is 18.2 Å². The lowest BCUT2D eigenvalue weighted by atomic mass is 10.1. The predicted octanol–water partition coefficient (Wildman–Crippen LogP) is 8.32. The largest absolute Gasteiger partial charge is 0.352 e. The van der Waals surface area contributed by atoms with Crippen molar-refractivity contribution >= 4 is 50.7 Å². The van der Waals surface area contributed by atoms with Crippen molar-refractivity contribution in [3.05, 3.63) is 93.2 Å². The van der Waals surface area contributed by atoms with Crippen LogP contribution in [0.5, 0.6) is 0 Å². The molecule has 1 heterocycles. The molecule has 0 aliphatic carbocycles. The van der Waals surface area contributed by atoms with Gasteiger partial charge >= 0.3 is 0 Å². The molecule has 0 unspecified atom stereocenters. The van der Waals surface area contributed by atoms with Crippen LogP contribution in [0.25, 0.3) is 11.4 Å². The van der Waals surface area contributed by atoms with Gasteiger partial charge in [0.15, 0.2) is 18.0 Å². The summed E-state index contributed by atoms with van der Waals surface area (Å²) in [5.74, 6) is -2.19. The number of carbonyl (C=O) groups is 2. The lowest BCUT2D eigenvalue weighted by Crippen LogP contribution is -2.25. The van der Waals surface area contributed by atoms with Crippen LogP contribution in [0.1, 0.15) is 80.1 Å². The zero-order valence-corrected chi connectivity index (χ0v) is 28.2. The third kappa shape index (κ3) is 11.6. The van der Waals surface area contributed by atoms with Crippen LogP contribution >= 0.6 is 27.5 Å². The van der Waals surface area contributed by atoms with Crippen molar-refractivity contribution in [1.29, 1.82) is 0 Å². The topological polar surface area (TPSA) is 122 Å². The van der Waals surface area contributed by atoms with Crippen molar-refractivity contribution in [2.24, 2.45) is 0 Å². The van der Waals surface area contributed by atoms with Gasteiger partial charge in [0.05, 0.1) is 22.0 Å². The molecular weight excluding hydrogens is 692 g/mol. The number of amides is 2. The van der Waals surface area contributed by atoms with Gasteiger partial charge in [-0.05, 0) is 48.7 Å². The molecule has 4 rings (SSSR count). The molecule has 0 aliphatic heterocycles. The van der Waals surface area contributed by atoms with Crippen molar-refractivity contribution in [3.63, 3.8) is 0 Å². The molecule has 0 saturated heterocycles. The van der Waals surface area contributed by atoms with Gasteiger partial charge in [-0.25, -0.2) is 8.78 Å². The van der Waals surface area contributed by atoms with Crippen LogP contribution in [0.3, 0.4) is 0 Å². The van der Waals surface area contributed by atoms with E-state index < -0.39 is 17.5 Å². The van der Waals surface area contributed by atoms with Gasteiger partial charge in [0.25, 0.3) is 5.91 Å². The second-order valence-corrected chi connectivity index (χ2v) is 12.4. The smallest absolute Gasteiger partial charge is 0.253 e. The van der Waals surface area contributed by atoms with Crippen LogP contribution in [-0.4, -0.2) is 38.8 Å². The Hall–Kier alpha value is -4.03. The third-order valence-electron chi connectivity index (χ3n) is 7.51. The molecule has 0 fully saturated rings. The Balaban J connectivity index is 1.02. The Kier molecular flexibility index (Phi) is 14.4. The number of hydrogen-bond donors (Lipinski definition) is 3. The number of benzene rings is 3. The van der Waals surface area contributed by atoms with Crippen LogP contribution in [-0.2, 0) is 11.3 Å². The van der Waals surface area contributed by atoms with Gasteiger partial charge in [0.2, 0.25) is 11.7 Å². The van der Waals surface area contributed by atoms with Crippen molar-refractivity contribution < 1.29 is 18.4 Å². The second-order valence-electron chi connectivity index (χ2n) is 11.1. The minimum atomic E-state index is -1.14. The fraction of sp³-hybridized carbons (Fsp3) is 0.353. The highest BCUT2D eigenvalue weighted by molar-refractivity contribution is 9.10. The van der Waals surface area contributed by atoms with Crippen molar-refractivity contribution in [1.82, 2.24) is 31.0 Å². The molecule has 1 aromatic heterocycles. The van der Waals surface area contributed by atoms with Gasteiger partial charge in [-0.2, -0.15) is 0 Å². The molecule has 3 N–H and O–H groups in total. The summed E-state index contributed by atoms with van der Waals surface area (Å²) < 4.78 is 29.4. The van der Waals surface area contributed by atoms with Crippen LogP contribution in [0, 0.1) is 11.6 Å². The summed E-state index contributed by atoms with van der Waals surface area (Å²) in [6, 6.07) is 14.7. The first kappa shape index (κ1) is 35.8. The average Bonchev–Trinajstić information content (AvgIpc) is 3.08. The number of halogens is 4. The van der Waals surface area contributed by atoms with Gasteiger partial charge in [-0.1, -0.05) is 96.7 Å². The van der Waals surface area contributed by atoms with Crippen molar-refractivity contribution in [2.45, 2.75) is 70.8 Å². The lowest BCUT2D eigenvalue weighted by Gasteiger charge is -2.15. The van der Waals surface area contributed by atoms with E-state index in [0.717, 1.165) is 79.5 Å². The Morgan fingerprint density at radius 3 is 2.13 bits per heavy atom. The van der Waals surface area contributed by atoms with E-state index in [2.05, 4.69) is 52.3 Å². The van der Waals surface area contributed by atoms with Gasteiger partial charge in [-0.3, -0.25) is 9.59 Å². The Morgan fingerprint density at radius 1 is 0.787 bits per heavy atom. The zero-order valence-electron chi connectivity index (χ0n) is 25.9. The highest BCUT2D eigenvalue weighted by atomic mass is 79.9. The van der Waals surface area contributed by atoms with Gasteiger partial charge < -0.3 is 16.0 Å². The Morgan fingerprint density at radius 2 is 1.45 bits per heavy atom. The summed E-state index contributed by atoms with van der Waals surface area (Å²) in [6.45, 7) is 0.905. The molecule has 0 radical (unpaired) electrons. The molecule has 3 aromatic carbocycles. The first-order valence-electron chi connectivity index (χ1n) is 15.7. The van der Waals surface area contributed by atoms with Gasteiger partial charge in [0, 0.05) is 29.5 Å². The number of rotatable bonds is 18. The lowest BCUT2D eigenvalue weighted by molar-refractivity contribution is -0.121. The first-order valence-corrected chi connectivity index (χ1v) is 16.8. The van der Waals surface area contributed by atoms with E-state index in [0.29, 0.717) is 36.0 Å². The van der Waals surface area contributed by atoms with Crippen LogP contribution in [0.2, 0.25) is 5.02 Å². The standard InChI is InChI=1S/C34H37BrClF2N7O2/c35-25-15-18-29(27(36)20-25)43-32-26(16-17-28(37)31(32)38)34(47)39-19-9-7-5-3-1-2-4-6-8-10-30(46)40-21-23-11-13-24(14-12-23)33-44-41-22-42-45-33/h11-18,20,22,43H,1-10,19,21H2,(H,39,47)(H,40,46). The molecule has 0 bridgehead atoms. The fourth-order valence-electron chi connectivity index (χ4n) is 4.91. The Bertz CT molecular complexity index is 1610. The molecule has 9 nitrogen and oxygen atoms in total. The second kappa shape index (κ2) is 19.0. The van der Waals surface area contributed by atoms with E-state index >= 15 is 0 Å². The summed E-state index contributed by atoms with van der Waals surface area (Å²) in [4.78, 5) is 25.0. The first-order chi connectivity index (χ1) is 22.8. The maximum absolute atomic E-state index is 14.7. The maximum Gasteiger partial charge on any atom is 0.253 e. The minimum Gasteiger partial charge on any atom is -0.352 e. The molecule has 2 amide bonds. The normalized spacial score (nSPS) is 10.9. The number of carbonyl (C=O) groups excluding carboxylic acids is 2. The molecule has 4 aromatic rings.